The number of carbonyl (C=O) groups is 2. The van der Waals surface area contributed by atoms with Gasteiger partial charge in [0.2, 0.25) is 5.91 Å². The Kier molecular flexibility index (Phi) is 3.89. The Morgan fingerprint density at radius 3 is 2.62 bits per heavy atom. The number of hydrogen-bond acceptors (Lipinski definition) is 4. The Morgan fingerprint density at radius 2 is 2.05 bits per heavy atom. The third-order valence-corrected chi connectivity index (χ3v) is 3.60. The molecule has 0 atom stereocenters. The summed E-state index contributed by atoms with van der Waals surface area (Å²) in [5.74, 6) is 0.0808. The van der Waals surface area contributed by atoms with Crippen LogP contribution in [0.5, 0.6) is 0 Å². The third kappa shape index (κ3) is 2.99. The van der Waals surface area contributed by atoms with Crippen molar-refractivity contribution in [1.82, 2.24) is 15.2 Å². The quantitative estimate of drug-likeness (QED) is 0.806. The number of amides is 2. The molecule has 2 heterocycles. The highest BCUT2D eigenvalue weighted by atomic mass is 16.2. The summed E-state index contributed by atoms with van der Waals surface area (Å²) in [6, 6.07) is 1.75. The smallest absolute Gasteiger partial charge is 0.254 e. The standard InChI is InChI=1S/C15H22N4O2/c1-15(2,3)14(21)19-6-5-11-9(8-19)7-10(12(16)18-11)13(20)17-4/h7H,5-6,8H2,1-4H3,(H2,16,18)(H,17,20). The van der Waals surface area contributed by atoms with Crippen LogP contribution in [0.1, 0.15) is 42.4 Å². The highest BCUT2D eigenvalue weighted by Gasteiger charge is 2.30. The number of nitrogen functional groups attached to an aromatic ring is 1. The normalized spacial score (nSPS) is 14.6. The lowest BCUT2D eigenvalue weighted by molar-refractivity contribution is -0.140. The van der Waals surface area contributed by atoms with E-state index in [1.807, 2.05) is 25.7 Å². The van der Waals surface area contributed by atoms with Gasteiger partial charge in [-0.1, -0.05) is 20.8 Å². The van der Waals surface area contributed by atoms with Crippen molar-refractivity contribution < 1.29 is 9.59 Å². The number of carbonyl (C=O) groups excluding carboxylic acids is 2. The van der Waals surface area contributed by atoms with Crippen LogP contribution >= 0.6 is 0 Å². The van der Waals surface area contributed by atoms with E-state index in [0.29, 0.717) is 25.1 Å². The Balaban J connectivity index is 2.32. The number of nitrogens with one attached hydrogen (secondary N) is 1. The SMILES string of the molecule is CNC(=O)c1cc2c(nc1N)CCN(C(=O)C(C)(C)C)C2. The van der Waals surface area contributed by atoms with E-state index in [1.165, 1.54) is 0 Å². The van der Waals surface area contributed by atoms with E-state index >= 15 is 0 Å². The molecule has 0 spiro atoms. The minimum Gasteiger partial charge on any atom is -0.383 e. The van der Waals surface area contributed by atoms with Gasteiger partial charge in [0, 0.05) is 37.7 Å². The highest BCUT2D eigenvalue weighted by molar-refractivity contribution is 5.98. The van der Waals surface area contributed by atoms with Crippen molar-refractivity contribution in [3.05, 3.63) is 22.9 Å². The van der Waals surface area contributed by atoms with E-state index in [9.17, 15) is 9.59 Å². The molecule has 6 nitrogen and oxygen atoms in total. The molecule has 0 radical (unpaired) electrons. The van der Waals surface area contributed by atoms with Crippen molar-refractivity contribution in [2.45, 2.75) is 33.7 Å². The first-order chi connectivity index (χ1) is 9.74. The van der Waals surface area contributed by atoms with Crippen molar-refractivity contribution in [1.29, 1.82) is 0 Å². The fourth-order valence-electron chi connectivity index (χ4n) is 2.45. The van der Waals surface area contributed by atoms with Crippen LogP contribution in [0.25, 0.3) is 0 Å². The number of anilines is 1. The number of nitrogens with two attached hydrogens (primary N) is 1. The second kappa shape index (κ2) is 5.35. The fraction of sp³-hybridized carbons (Fsp3) is 0.533. The van der Waals surface area contributed by atoms with Crippen LogP contribution in [0.3, 0.4) is 0 Å². The molecule has 2 rings (SSSR count). The molecule has 0 fully saturated rings. The maximum absolute atomic E-state index is 12.4. The topological polar surface area (TPSA) is 88.3 Å². The molecule has 6 heteroatoms. The Morgan fingerprint density at radius 1 is 1.38 bits per heavy atom. The van der Waals surface area contributed by atoms with Gasteiger partial charge in [-0.3, -0.25) is 9.59 Å². The maximum atomic E-state index is 12.4. The third-order valence-electron chi connectivity index (χ3n) is 3.60. The second-order valence-electron chi connectivity index (χ2n) is 6.33. The van der Waals surface area contributed by atoms with Gasteiger partial charge in [-0.05, 0) is 11.6 Å². The van der Waals surface area contributed by atoms with E-state index in [0.717, 1.165) is 11.3 Å². The summed E-state index contributed by atoms with van der Waals surface area (Å²) in [5, 5.41) is 2.55. The predicted molar refractivity (Wildman–Crippen MR) is 80.6 cm³/mol. The summed E-state index contributed by atoms with van der Waals surface area (Å²) in [5.41, 5.74) is 7.55. The van der Waals surface area contributed by atoms with Gasteiger partial charge in [-0.25, -0.2) is 4.98 Å². The van der Waals surface area contributed by atoms with Crippen LogP contribution in [-0.4, -0.2) is 35.3 Å². The summed E-state index contributed by atoms with van der Waals surface area (Å²) in [7, 11) is 1.55. The average Bonchev–Trinajstić information content (AvgIpc) is 2.43. The van der Waals surface area contributed by atoms with Crippen LogP contribution in [0.2, 0.25) is 0 Å². The molecule has 114 valence electrons. The summed E-state index contributed by atoms with van der Waals surface area (Å²) in [4.78, 5) is 30.3. The van der Waals surface area contributed by atoms with Gasteiger partial charge in [0.1, 0.15) is 5.82 Å². The number of hydrogen-bond donors (Lipinski definition) is 2. The molecule has 1 aliphatic heterocycles. The van der Waals surface area contributed by atoms with Gasteiger partial charge in [0.25, 0.3) is 5.91 Å². The second-order valence-corrected chi connectivity index (χ2v) is 6.33. The van der Waals surface area contributed by atoms with E-state index < -0.39 is 5.41 Å². The highest BCUT2D eigenvalue weighted by Crippen LogP contribution is 2.25. The Labute approximate surface area is 124 Å². The first-order valence-corrected chi connectivity index (χ1v) is 7.03. The zero-order valence-electron chi connectivity index (χ0n) is 13.0. The molecular formula is C15H22N4O2. The largest absolute Gasteiger partial charge is 0.383 e. The van der Waals surface area contributed by atoms with Crippen LogP contribution in [-0.2, 0) is 17.8 Å². The van der Waals surface area contributed by atoms with Crippen molar-refractivity contribution in [3.8, 4) is 0 Å². The number of nitrogens with zero attached hydrogens (tertiary/aromatic N) is 2. The molecule has 1 aromatic heterocycles. The van der Waals surface area contributed by atoms with E-state index in [-0.39, 0.29) is 17.6 Å². The minimum atomic E-state index is -0.414. The van der Waals surface area contributed by atoms with Crippen LogP contribution in [0.4, 0.5) is 5.82 Å². The van der Waals surface area contributed by atoms with Gasteiger partial charge >= 0.3 is 0 Å². The molecule has 1 aromatic rings. The van der Waals surface area contributed by atoms with Crippen molar-refractivity contribution in [3.63, 3.8) is 0 Å². The lowest BCUT2D eigenvalue weighted by atomic mass is 9.93. The van der Waals surface area contributed by atoms with E-state index in [2.05, 4.69) is 10.3 Å². The number of aromatic nitrogens is 1. The first-order valence-electron chi connectivity index (χ1n) is 7.03. The summed E-state index contributed by atoms with van der Waals surface area (Å²) in [6.07, 6.45) is 0.662. The monoisotopic (exact) mass is 290 g/mol. The molecule has 21 heavy (non-hydrogen) atoms. The van der Waals surface area contributed by atoms with E-state index in [4.69, 9.17) is 5.73 Å². The van der Waals surface area contributed by atoms with Gasteiger partial charge in [0.15, 0.2) is 0 Å². The zero-order chi connectivity index (χ0) is 15.8. The first kappa shape index (κ1) is 15.3. The average molecular weight is 290 g/mol. The van der Waals surface area contributed by atoms with Gasteiger partial charge in [0.05, 0.1) is 5.56 Å². The molecular weight excluding hydrogens is 268 g/mol. The van der Waals surface area contributed by atoms with E-state index in [1.54, 1.807) is 13.1 Å². The summed E-state index contributed by atoms with van der Waals surface area (Å²) in [6.45, 7) is 6.82. The molecule has 2 amide bonds. The molecule has 0 unspecified atom stereocenters. The zero-order valence-corrected chi connectivity index (χ0v) is 13.0. The lowest BCUT2D eigenvalue weighted by Gasteiger charge is -2.33. The molecule has 0 bridgehead atoms. The number of fused-ring (bicyclic) bond motifs is 1. The van der Waals surface area contributed by atoms with Crippen LogP contribution in [0.15, 0.2) is 6.07 Å². The predicted octanol–water partition coefficient (Wildman–Crippen LogP) is 0.954. The minimum absolute atomic E-state index is 0.103. The maximum Gasteiger partial charge on any atom is 0.254 e. The Hall–Kier alpha value is -2.11. The number of pyridine rings is 1. The molecule has 0 saturated heterocycles. The Bertz CT molecular complexity index is 590. The lowest BCUT2D eigenvalue weighted by Crippen LogP contribution is -2.42. The van der Waals surface area contributed by atoms with Gasteiger partial charge in [-0.2, -0.15) is 0 Å². The molecule has 3 N–H and O–H groups in total. The van der Waals surface area contributed by atoms with Crippen molar-refractivity contribution >= 4 is 17.6 Å². The summed E-state index contributed by atoms with van der Waals surface area (Å²) >= 11 is 0. The van der Waals surface area contributed by atoms with Crippen LogP contribution < -0.4 is 11.1 Å². The number of rotatable bonds is 1. The summed E-state index contributed by atoms with van der Waals surface area (Å²) < 4.78 is 0. The molecule has 0 aliphatic carbocycles. The molecule has 1 aliphatic rings. The van der Waals surface area contributed by atoms with Crippen molar-refractivity contribution in [2.24, 2.45) is 5.41 Å². The van der Waals surface area contributed by atoms with Crippen molar-refractivity contribution in [2.75, 3.05) is 19.3 Å². The molecule has 0 aromatic carbocycles. The van der Waals surface area contributed by atoms with Gasteiger partial charge < -0.3 is 16.0 Å². The van der Waals surface area contributed by atoms with Gasteiger partial charge in [-0.15, -0.1) is 0 Å². The fourth-order valence-corrected chi connectivity index (χ4v) is 2.45. The molecule has 0 saturated carbocycles. The van der Waals surface area contributed by atoms with Crippen LogP contribution in [0, 0.1) is 5.41 Å².